The van der Waals surface area contributed by atoms with Crippen molar-refractivity contribution in [3.05, 3.63) is 98.7 Å². The van der Waals surface area contributed by atoms with Crippen molar-refractivity contribution in [1.29, 1.82) is 5.26 Å². The Bertz CT molecular complexity index is 1290. The van der Waals surface area contributed by atoms with Gasteiger partial charge in [-0.1, -0.05) is 24.3 Å². The first kappa shape index (κ1) is 22.4. The standard InChI is InChI=1S/C24H21FN4O3/c1-15-10-16(2)29(24(32)20(15)12-26)14-22(30)28-19-8-5-7-17(11-19)23(31)27-13-18-6-3-4-9-21(18)25/h3-11H,13-14H2,1-2H3,(H,27,31)(H,28,30). The molecule has 1 aromatic heterocycles. The Morgan fingerprint density at radius 1 is 1.09 bits per heavy atom. The summed E-state index contributed by atoms with van der Waals surface area (Å²) in [5.74, 6) is -1.31. The van der Waals surface area contributed by atoms with Gasteiger partial charge in [-0.2, -0.15) is 5.26 Å². The van der Waals surface area contributed by atoms with Crippen molar-refractivity contribution in [3.8, 4) is 6.07 Å². The summed E-state index contributed by atoms with van der Waals surface area (Å²) in [5, 5.41) is 14.5. The Morgan fingerprint density at radius 3 is 2.56 bits per heavy atom. The molecule has 0 saturated heterocycles. The van der Waals surface area contributed by atoms with Crippen molar-refractivity contribution < 1.29 is 14.0 Å². The molecule has 0 unspecified atom stereocenters. The van der Waals surface area contributed by atoms with E-state index in [2.05, 4.69) is 10.6 Å². The molecule has 0 spiro atoms. The van der Waals surface area contributed by atoms with Crippen molar-refractivity contribution in [3.63, 3.8) is 0 Å². The molecule has 162 valence electrons. The van der Waals surface area contributed by atoms with Crippen LogP contribution in [0.25, 0.3) is 0 Å². The number of anilines is 1. The number of nitriles is 1. The average Bonchev–Trinajstić information content (AvgIpc) is 2.76. The van der Waals surface area contributed by atoms with Crippen LogP contribution in [0.4, 0.5) is 10.1 Å². The normalized spacial score (nSPS) is 10.3. The molecule has 7 nitrogen and oxygen atoms in total. The Labute approximate surface area is 184 Å². The fourth-order valence-corrected chi connectivity index (χ4v) is 3.26. The summed E-state index contributed by atoms with van der Waals surface area (Å²) < 4.78 is 14.9. The maximum Gasteiger partial charge on any atom is 0.269 e. The Balaban J connectivity index is 1.69. The first-order valence-corrected chi connectivity index (χ1v) is 9.83. The first-order valence-electron chi connectivity index (χ1n) is 9.83. The van der Waals surface area contributed by atoms with Crippen molar-refractivity contribution in [2.24, 2.45) is 0 Å². The van der Waals surface area contributed by atoms with Crippen LogP contribution in [-0.2, 0) is 17.9 Å². The number of nitrogens with zero attached hydrogens (tertiary/aromatic N) is 2. The van der Waals surface area contributed by atoms with Gasteiger partial charge in [0.25, 0.3) is 11.5 Å². The molecular weight excluding hydrogens is 411 g/mol. The second kappa shape index (κ2) is 9.71. The highest BCUT2D eigenvalue weighted by Crippen LogP contribution is 2.12. The Hall–Kier alpha value is -4.25. The van der Waals surface area contributed by atoms with Crippen LogP contribution in [0, 0.1) is 31.0 Å². The van der Waals surface area contributed by atoms with Crippen LogP contribution in [0.15, 0.2) is 59.4 Å². The zero-order chi connectivity index (χ0) is 23.3. The number of aromatic nitrogens is 1. The van der Waals surface area contributed by atoms with E-state index in [0.29, 0.717) is 22.5 Å². The fraction of sp³-hybridized carbons (Fsp3) is 0.167. The van der Waals surface area contributed by atoms with Crippen molar-refractivity contribution in [2.45, 2.75) is 26.9 Å². The van der Waals surface area contributed by atoms with E-state index in [0.717, 1.165) is 0 Å². The van der Waals surface area contributed by atoms with Crippen LogP contribution >= 0.6 is 0 Å². The largest absolute Gasteiger partial charge is 0.348 e. The van der Waals surface area contributed by atoms with Gasteiger partial charge in [0.15, 0.2) is 0 Å². The van der Waals surface area contributed by atoms with Crippen LogP contribution in [0.1, 0.15) is 32.7 Å². The molecule has 3 aromatic rings. The number of rotatable bonds is 6. The third-order valence-corrected chi connectivity index (χ3v) is 4.92. The number of benzene rings is 2. The summed E-state index contributed by atoms with van der Waals surface area (Å²) in [4.78, 5) is 37.4. The molecule has 2 N–H and O–H groups in total. The second-order valence-electron chi connectivity index (χ2n) is 7.25. The molecule has 0 aliphatic carbocycles. The zero-order valence-corrected chi connectivity index (χ0v) is 17.6. The summed E-state index contributed by atoms with van der Waals surface area (Å²) in [6.07, 6.45) is 0. The lowest BCUT2D eigenvalue weighted by Crippen LogP contribution is -2.31. The molecule has 3 rings (SSSR count). The molecule has 0 radical (unpaired) electrons. The topological polar surface area (TPSA) is 104 Å². The van der Waals surface area contributed by atoms with Crippen LogP contribution in [-0.4, -0.2) is 16.4 Å². The number of carbonyl (C=O) groups excluding carboxylic acids is 2. The highest BCUT2D eigenvalue weighted by molar-refractivity contribution is 5.97. The molecule has 0 saturated carbocycles. The van der Waals surface area contributed by atoms with Gasteiger partial charge in [0.1, 0.15) is 24.0 Å². The minimum Gasteiger partial charge on any atom is -0.348 e. The molecule has 2 aromatic carbocycles. The summed E-state index contributed by atoms with van der Waals surface area (Å²) in [7, 11) is 0. The molecule has 1 heterocycles. The van der Waals surface area contributed by atoms with Gasteiger partial charge in [0.2, 0.25) is 5.91 Å². The molecule has 0 fully saturated rings. The summed E-state index contributed by atoms with van der Waals surface area (Å²) in [6.45, 7) is 3.10. The number of carbonyl (C=O) groups is 2. The van der Waals surface area contributed by atoms with Gasteiger partial charge in [-0.25, -0.2) is 4.39 Å². The second-order valence-corrected chi connectivity index (χ2v) is 7.25. The zero-order valence-electron chi connectivity index (χ0n) is 17.6. The third-order valence-electron chi connectivity index (χ3n) is 4.92. The lowest BCUT2D eigenvalue weighted by Gasteiger charge is -2.13. The number of amides is 2. The van der Waals surface area contributed by atoms with E-state index in [4.69, 9.17) is 0 Å². The van der Waals surface area contributed by atoms with Crippen molar-refractivity contribution in [2.75, 3.05) is 5.32 Å². The van der Waals surface area contributed by atoms with Gasteiger partial charge in [0.05, 0.1) is 0 Å². The van der Waals surface area contributed by atoms with Crippen LogP contribution in [0.5, 0.6) is 0 Å². The number of pyridine rings is 1. The highest BCUT2D eigenvalue weighted by Gasteiger charge is 2.14. The fourth-order valence-electron chi connectivity index (χ4n) is 3.26. The molecule has 0 aliphatic rings. The summed E-state index contributed by atoms with van der Waals surface area (Å²) in [5.41, 5.74) is 1.60. The van der Waals surface area contributed by atoms with Gasteiger partial charge in [-0.3, -0.25) is 14.4 Å². The Morgan fingerprint density at radius 2 is 1.84 bits per heavy atom. The quantitative estimate of drug-likeness (QED) is 0.625. The lowest BCUT2D eigenvalue weighted by molar-refractivity contribution is -0.116. The van der Waals surface area contributed by atoms with Gasteiger partial charge in [0, 0.05) is 29.1 Å². The van der Waals surface area contributed by atoms with Gasteiger partial charge in [-0.05, 0) is 49.7 Å². The van der Waals surface area contributed by atoms with Gasteiger partial charge < -0.3 is 15.2 Å². The number of hydrogen-bond donors (Lipinski definition) is 2. The van der Waals surface area contributed by atoms with E-state index in [9.17, 15) is 24.0 Å². The molecule has 0 aliphatic heterocycles. The van der Waals surface area contributed by atoms with E-state index in [1.165, 1.54) is 16.7 Å². The smallest absolute Gasteiger partial charge is 0.269 e. The summed E-state index contributed by atoms with van der Waals surface area (Å²) in [6, 6.07) is 16.0. The van der Waals surface area contributed by atoms with Crippen LogP contribution in [0.2, 0.25) is 0 Å². The van der Waals surface area contributed by atoms with E-state index >= 15 is 0 Å². The first-order chi connectivity index (χ1) is 15.3. The molecule has 8 heteroatoms. The van der Waals surface area contributed by atoms with Crippen LogP contribution < -0.4 is 16.2 Å². The minimum absolute atomic E-state index is 0.00285. The monoisotopic (exact) mass is 432 g/mol. The van der Waals surface area contributed by atoms with Gasteiger partial charge >= 0.3 is 0 Å². The van der Waals surface area contributed by atoms with E-state index in [-0.39, 0.29) is 24.2 Å². The highest BCUT2D eigenvalue weighted by atomic mass is 19.1. The lowest BCUT2D eigenvalue weighted by atomic mass is 10.1. The predicted molar refractivity (Wildman–Crippen MR) is 118 cm³/mol. The predicted octanol–water partition coefficient (Wildman–Crippen LogP) is 3.04. The third kappa shape index (κ3) is 5.08. The number of aryl methyl sites for hydroxylation is 2. The number of nitrogens with one attached hydrogen (secondary N) is 2. The average molecular weight is 432 g/mol. The molecule has 0 bridgehead atoms. The van der Waals surface area contributed by atoms with Crippen molar-refractivity contribution >= 4 is 17.5 Å². The maximum absolute atomic E-state index is 13.7. The maximum atomic E-state index is 13.7. The van der Waals surface area contributed by atoms with Crippen LogP contribution in [0.3, 0.4) is 0 Å². The number of hydrogen-bond acceptors (Lipinski definition) is 4. The molecule has 0 atom stereocenters. The van der Waals surface area contributed by atoms with E-state index in [1.807, 2.05) is 6.07 Å². The molecular formula is C24H21FN4O3. The number of halogens is 1. The van der Waals surface area contributed by atoms with E-state index < -0.39 is 23.2 Å². The van der Waals surface area contributed by atoms with Gasteiger partial charge in [-0.15, -0.1) is 0 Å². The SMILES string of the molecule is Cc1cc(C)n(CC(=O)Nc2cccc(C(=O)NCc3ccccc3F)c2)c(=O)c1C#N. The van der Waals surface area contributed by atoms with E-state index in [1.54, 1.807) is 56.3 Å². The Kier molecular flexibility index (Phi) is 6.80. The summed E-state index contributed by atoms with van der Waals surface area (Å²) >= 11 is 0. The molecule has 2 amide bonds. The van der Waals surface area contributed by atoms with Crippen molar-refractivity contribution in [1.82, 2.24) is 9.88 Å². The molecule has 32 heavy (non-hydrogen) atoms. The minimum atomic E-state index is -0.526.